The van der Waals surface area contributed by atoms with Gasteiger partial charge >= 0.3 is 0 Å². The first-order valence-electron chi connectivity index (χ1n) is 9.46. The van der Waals surface area contributed by atoms with E-state index in [9.17, 15) is 9.59 Å². The molecule has 0 aromatic heterocycles. The quantitative estimate of drug-likeness (QED) is 0.816. The Kier molecular flexibility index (Phi) is 4.94. The van der Waals surface area contributed by atoms with Crippen molar-refractivity contribution in [1.82, 2.24) is 10.2 Å². The van der Waals surface area contributed by atoms with Gasteiger partial charge in [-0.3, -0.25) is 9.59 Å². The number of hydrogen-bond donors (Lipinski definition) is 1. The van der Waals surface area contributed by atoms with Crippen LogP contribution in [0.15, 0.2) is 42.5 Å². The number of methoxy groups -OCH3 is 2. The molecule has 1 saturated heterocycles. The van der Waals surface area contributed by atoms with Gasteiger partial charge in [0.2, 0.25) is 5.91 Å². The second-order valence-corrected chi connectivity index (χ2v) is 9.39. The van der Waals surface area contributed by atoms with Crippen LogP contribution in [0.1, 0.15) is 40.7 Å². The fraction of sp³-hybridized carbons (Fsp3) is 0.364. The molecule has 2 amide bonds. The molecule has 152 valence electrons. The smallest absolute Gasteiger partial charge is 0.260 e. The highest BCUT2D eigenvalue weighted by Gasteiger charge is 2.58. The van der Waals surface area contributed by atoms with E-state index in [2.05, 4.69) is 5.32 Å². The summed E-state index contributed by atoms with van der Waals surface area (Å²) in [7, 11) is 3.07. The third-order valence-corrected chi connectivity index (χ3v) is 6.99. The number of amides is 2. The van der Waals surface area contributed by atoms with Crippen LogP contribution in [0.25, 0.3) is 0 Å². The zero-order valence-electron chi connectivity index (χ0n) is 16.9. The third-order valence-electron chi connectivity index (χ3n) is 5.45. The minimum atomic E-state index is -0.586. The number of nitrogens with one attached hydrogen (secondary N) is 1. The van der Waals surface area contributed by atoms with Crippen LogP contribution < -0.4 is 14.8 Å². The van der Waals surface area contributed by atoms with Gasteiger partial charge in [0.1, 0.15) is 11.4 Å². The summed E-state index contributed by atoms with van der Waals surface area (Å²) in [6.07, 6.45) is 0. The summed E-state index contributed by atoms with van der Waals surface area (Å²) in [6.45, 7) is 4.45. The maximum Gasteiger partial charge on any atom is 0.260 e. The lowest BCUT2D eigenvalue weighted by molar-refractivity contribution is -0.126. The van der Waals surface area contributed by atoms with E-state index in [1.54, 1.807) is 23.8 Å². The second kappa shape index (κ2) is 7.30. The van der Waals surface area contributed by atoms with Gasteiger partial charge in [-0.2, -0.15) is 0 Å². The Morgan fingerprint density at radius 3 is 2.52 bits per heavy atom. The van der Waals surface area contributed by atoms with Crippen LogP contribution in [0.3, 0.4) is 0 Å². The van der Waals surface area contributed by atoms with Crippen molar-refractivity contribution >= 4 is 23.6 Å². The largest absolute Gasteiger partial charge is 0.493 e. The van der Waals surface area contributed by atoms with Crippen molar-refractivity contribution < 1.29 is 19.1 Å². The summed E-state index contributed by atoms with van der Waals surface area (Å²) in [5.74, 6) is 0.584. The zero-order chi connectivity index (χ0) is 20.8. The summed E-state index contributed by atoms with van der Waals surface area (Å²) in [5, 5.41) is 2.78. The van der Waals surface area contributed by atoms with E-state index in [4.69, 9.17) is 9.47 Å². The van der Waals surface area contributed by atoms with Crippen molar-refractivity contribution in [2.75, 3.05) is 14.2 Å². The van der Waals surface area contributed by atoms with E-state index in [-0.39, 0.29) is 17.2 Å². The summed E-state index contributed by atoms with van der Waals surface area (Å²) >= 11 is 1.62. The maximum absolute atomic E-state index is 13.4. The highest BCUT2D eigenvalue weighted by atomic mass is 32.2. The maximum atomic E-state index is 13.4. The van der Waals surface area contributed by atoms with E-state index < -0.39 is 10.8 Å². The average Bonchev–Trinajstić information content (AvgIpc) is 3.15. The van der Waals surface area contributed by atoms with Crippen LogP contribution in [0.5, 0.6) is 11.5 Å². The summed E-state index contributed by atoms with van der Waals surface area (Å²) < 4.78 is 10.4. The molecule has 2 aromatic rings. The third kappa shape index (κ3) is 3.13. The lowest BCUT2D eigenvalue weighted by Gasteiger charge is -2.29. The summed E-state index contributed by atoms with van der Waals surface area (Å²) in [5.41, 5.74) is 2.37. The minimum Gasteiger partial charge on any atom is -0.493 e. The van der Waals surface area contributed by atoms with Crippen LogP contribution in [0.2, 0.25) is 0 Å². The van der Waals surface area contributed by atoms with E-state index in [0.29, 0.717) is 23.6 Å². The normalized spacial score (nSPS) is 21.5. The van der Waals surface area contributed by atoms with Crippen molar-refractivity contribution in [1.29, 1.82) is 0 Å². The SMILES string of the molecule is COc1ccc2c(c1OC)C(=O)N1[C@H]2SC(C)(C)[C@H]1C(=O)NCc1ccccc1. The average molecular weight is 413 g/mol. The molecule has 0 spiro atoms. The van der Waals surface area contributed by atoms with Gasteiger partial charge in [0.05, 0.1) is 19.8 Å². The number of thioether (sulfide) groups is 1. The van der Waals surface area contributed by atoms with Crippen molar-refractivity contribution in [3.8, 4) is 11.5 Å². The van der Waals surface area contributed by atoms with Crippen LogP contribution in [0, 0.1) is 0 Å². The number of hydrogen-bond acceptors (Lipinski definition) is 5. The topological polar surface area (TPSA) is 67.9 Å². The van der Waals surface area contributed by atoms with Crippen LogP contribution >= 0.6 is 11.8 Å². The molecule has 0 bridgehead atoms. The van der Waals surface area contributed by atoms with Gasteiger partial charge in [-0.15, -0.1) is 11.8 Å². The number of fused-ring (bicyclic) bond motifs is 3. The van der Waals surface area contributed by atoms with Crippen molar-refractivity contribution in [3.05, 3.63) is 59.2 Å². The van der Waals surface area contributed by atoms with E-state index in [1.165, 1.54) is 7.11 Å². The number of carbonyl (C=O) groups excluding carboxylic acids is 2. The molecule has 1 fully saturated rings. The zero-order valence-corrected chi connectivity index (χ0v) is 17.7. The molecule has 4 rings (SSSR count). The lowest BCUT2D eigenvalue weighted by Crippen LogP contribution is -2.52. The van der Waals surface area contributed by atoms with Crippen molar-refractivity contribution in [3.63, 3.8) is 0 Å². The summed E-state index contributed by atoms with van der Waals surface area (Å²) in [4.78, 5) is 28.3. The molecule has 2 atom stereocenters. The van der Waals surface area contributed by atoms with Crippen LogP contribution in [0.4, 0.5) is 0 Å². The molecule has 2 aromatic carbocycles. The van der Waals surface area contributed by atoms with E-state index >= 15 is 0 Å². The molecule has 29 heavy (non-hydrogen) atoms. The van der Waals surface area contributed by atoms with Crippen molar-refractivity contribution in [2.24, 2.45) is 0 Å². The van der Waals surface area contributed by atoms with Gasteiger partial charge in [-0.05, 0) is 25.5 Å². The molecule has 2 aliphatic heterocycles. The first-order valence-corrected chi connectivity index (χ1v) is 10.3. The molecular formula is C22H24N2O4S. The lowest BCUT2D eigenvalue weighted by atomic mass is 10.0. The Bertz CT molecular complexity index is 961. The molecule has 0 aliphatic carbocycles. The molecule has 2 aliphatic rings. The minimum absolute atomic E-state index is 0.152. The molecular weight excluding hydrogens is 388 g/mol. The fourth-order valence-electron chi connectivity index (χ4n) is 4.14. The summed E-state index contributed by atoms with van der Waals surface area (Å²) in [6, 6.07) is 12.9. The van der Waals surface area contributed by atoms with Crippen LogP contribution in [-0.4, -0.2) is 41.7 Å². The Morgan fingerprint density at radius 1 is 1.14 bits per heavy atom. The van der Waals surface area contributed by atoms with Crippen LogP contribution in [-0.2, 0) is 11.3 Å². The number of benzene rings is 2. The Balaban J connectivity index is 1.65. The van der Waals surface area contributed by atoms with Gasteiger partial charge in [-0.25, -0.2) is 0 Å². The molecule has 2 heterocycles. The van der Waals surface area contributed by atoms with E-state index in [1.807, 2.05) is 56.3 Å². The molecule has 0 radical (unpaired) electrons. The molecule has 0 unspecified atom stereocenters. The number of carbonyl (C=O) groups is 2. The monoisotopic (exact) mass is 412 g/mol. The molecule has 0 saturated carbocycles. The van der Waals surface area contributed by atoms with Gasteiger partial charge in [0.25, 0.3) is 5.91 Å². The number of ether oxygens (including phenoxy) is 2. The first-order chi connectivity index (χ1) is 13.9. The number of nitrogens with zero attached hydrogens (tertiary/aromatic N) is 1. The Hall–Kier alpha value is -2.67. The predicted molar refractivity (Wildman–Crippen MR) is 112 cm³/mol. The molecule has 6 nitrogen and oxygen atoms in total. The van der Waals surface area contributed by atoms with Gasteiger partial charge in [0, 0.05) is 16.9 Å². The standard InChI is InChI=1S/C22H24N2O4S/c1-22(2)18(19(25)23-12-13-8-6-5-7-9-13)24-20(26)16-14(21(24)29-22)10-11-15(27-3)17(16)28-4/h5-11,18,21H,12H2,1-4H3,(H,23,25)/t18-,21+/m1/s1. The fourth-order valence-corrected chi connectivity index (χ4v) is 5.72. The highest BCUT2D eigenvalue weighted by molar-refractivity contribution is 8.01. The van der Waals surface area contributed by atoms with Gasteiger partial charge < -0.3 is 19.7 Å². The Labute approximate surface area is 174 Å². The first kappa shape index (κ1) is 19.6. The molecule has 1 N–H and O–H groups in total. The predicted octanol–water partition coefficient (Wildman–Crippen LogP) is 3.37. The molecule has 7 heteroatoms. The van der Waals surface area contributed by atoms with Gasteiger partial charge in [-0.1, -0.05) is 36.4 Å². The Morgan fingerprint density at radius 2 is 1.86 bits per heavy atom. The van der Waals surface area contributed by atoms with E-state index in [0.717, 1.165) is 11.1 Å². The highest BCUT2D eigenvalue weighted by Crippen LogP contribution is 2.58. The number of rotatable bonds is 5. The van der Waals surface area contributed by atoms with Crippen molar-refractivity contribution in [2.45, 2.75) is 36.6 Å². The van der Waals surface area contributed by atoms with Gasteiger partial charge in [0.15, 0.2) is 11.5 Å². The second-order valence-electron chi connectivity index (χ2n) is 7.66.